The molecule has 2 unspecified atom stereocenters. The van der Waals surface area contributed by atoms with E-state index >= 15 is 0 Å². The molecule has 27 heavy (non-hydrogen) atoms. The van der Waals surface area contributed by atoms with Gasteiger partial charge in [-0.25, -0.2) is 0 Å². The van der Waals surface area contributed by atoms with E-state index in [1.54, 1.807) is 11.3 Å². The molecule has 1 N–H and O–H groups in total. The second kappa shape index (κ2) is 9.69. The molecule has 1 fully saturated rings. The maximum Gasteiger partial charge on any atom is 0.119 e. The first-order valence-electron chi connectivity index (χ1n) is 9.76. The standard InChI is InChI=1S/C22H31NO3S/c1-16-6-7-20(11-18(16)3)26-15-19(24)12-23(13-21-5-4-9-25-21)14-22-17(2)8-10-27-22/h6-8,10-11,19,21,24H,4-5,9,12-15H2,1-3H3. The van der Waals surface area contributed by atoms with Gasteiger partial charge in [0, 0.05) is 31.1 Å². The zero-order valence-corrected chi connectivity index (χ0v) is 17.4. The number of benzene rings is 1. The third kappa shape index (κ3) is 6.04. The number of hydrogen-bond donors (Lipinski definition) is 1. The van der Waals surface area contributed by atoms with E-state index < -0.39 is 6.10 Å². The van der Waals surface area contributed by atoms with E-state index in [-0.39, 0.29) is 6.10 Å². The van der Waals surface area contributed by atoms with Crippen molar-refractivity contribution in [2.45, 2.75) is 52.4 Å². The summed E-state index contributed by atoms with van der Waals surface area (Å²) in [6.07, 6.45) is 1.98. The monoisotopic (exact) mass is 389 g/mol. The maximum absolute atomic E-state index is 10.6. The van der Waals surface area contributed by atoms with Gasteiger partial charge in [-0.2, -0.15) is 0 Å². The van der Waals surface area contributed by atoms with Crippen LogP contribution < -0.4 is 4.74 Å². The Kier molecular flexibility index (Phi) is 7.30. The van der Waals surface area contributed by atoms with E-state index in [1.165, 1.54) is 21.6 Å². The Balaban J connectivity index is 1.56. The smallest absolute Gasteiger partial charge is 0.119 e. The van der Waals surface area contributed by atoms with Crippen LogP contribution in [0.15, 0.2) is 29.6 Å². The first kappa shape index (κ1) is 20.3. The van der Waals surface area contributed by atoms with Gasteiger partial charge in [-0.1, -0.05) is 6.07 Å². The molecule has 0 bridgehead atoms. The molecule has 0 spiro atoms. The summed E-state index contributed by atoms with van der Waals surface area (Å²) in [4.78, 5) is 3.67. The topological polar surface area (TPSA) is 41.9 Å². The third-order valence-electron chi connectivity index (χ3n) is 5.21. The van der Waals surface area contributed by atoms with Gasteiger partial charge in [-0.3, -0.25) is 4.90 Å². The Labute approximate surface area is 166 Å². The predicted octanol–water partition coefficient (Wildman–Crippen LogP) is 4.09. The van der Waals surface area contributed by atoms with E-state index in [9.17, 15) is 5.11 Å². The molecule has 0 amide bonds. The van der Waals surface area contributed by atoms with Gasteiger partial charge < -0.3 is 14.6 Å². The van der Waals surface area contributed by atoms with Crippen molar-refractivity contribution in [2.24, 2.45) is 0 Å². The highest BCUT2D eigenvalue weighted by Crippen LogP contribution is 2.21. The third-order valence-corrected chi connectivity index (χ3v) is 6.22. The molecule has 2 atom stereocenters. The molecular formula is C22H31NO3S. The number of aliphatic hydroxyl groups is 1. The van der Waals surface area contributed by atoms with E-state index in [2.05, 4.69) is 43.2 Å². The lowest BCUT2D eigenvalue weighted by Crippen LogP contribution is -2.39. The Morgan fingerprint density at radius 1 is 1.22 bits per heavy atom. The van der Waals surface area contributed by atoms with Crippen molar-refractivity contribution in [3.8, 4) is 5.75 Å². The molecule has 4 nitrogen and oxygen atoms in total. The summed E-state index contributed by atoms with van der Waals surface area (Å²) in [5.74, 6) is 0.817. The number of thiophene rings is 1. The van der Waals surface area contributed by atoms with Crippen LogP contribution in [-0.4, -0.2) is 48.5 Å². The van der Waals surface area contributed by atoms with Gasteiger partial charge in [0.05, 0.1) is 6.10 Å². The number of aryl methyl sites for hydroxylation is 3. The van der Waals surface area contributed by atoms with E-state index in [4.69, 9.17) is 9.47 Å². The van der Waals surface area contributed by atoms with Crippen molar-refractivity contribution in [1.29, 1.82) is 0 Å². The lowest BCUT2D eigenvalue weighted by molar-refractivity contribution is 0.0316. The van der Waals surface area contributed by atoms with Crippen LogP contribution in [0.3, 0.4) is 0 Å². The largest absolute Gasteiger partial charge is 0.491 e. The molecule has 148 valence electrons. The number of hydrogen-bond acceptors (Lipinski definition) is 5. The average Bonchev–Trinajstić information content (AvgIpc) is 3.28. The fourth-order valence-electron chi connectivity index (χ4n) is 3.40. The van der Waals surface area contributed by atoms with Gasteiger partial charge in [0.25, 0.3) is 0 Å². The van der Waals surface area contributed by atoms with Crippen molar-refractivity contribution in [1.82, 2.24) is 4.90 Å². The number of nitrogens with zero attached hydrogens (tertiary/aromatic N) is 1. The fourth-order valence-corrected chi connectivity index (χ4v) is 4.34. The Morgan fingerprint density at radius 3 is 2.74 bits per heavy atom. The van der Waals surface area contributed by atoms with Crippen LogP contribution in [0.2, 0.25) is 0 Å². The van der Waals surface area contributed by atoms with E-state index in [0.29, 0.717) is 13.2 Å². The van der Waals surface area contributed by atoms with Gasteiger partial charge in [0.1, 0.15) is 18.5 Å². The highest BCUT2D eigenvalue weighted by atomic mass is 32.1. The van der Waals surface area contributed by atoms with Crippen LogP contribution in [0.4, 0.5) is 0 Å². The highest BCUT2D eigenvalue weighted by molar-refractivity contribution is 7.10. The summed E-state index contributed by atoms with van der Waals surface area (Å²) in [5.41, 5.74) is 3.77. The minimum atomic E-state index is -0.534. The normalized spacial score (nSPS) is 18.2. The molecule has 1 aliphatic heterocycles. The van der Waals surface area contributed by atoms with Crippen molar-refractivity contribution in [3.63, 3.8) is 0 Å². The summed E-state index contributed by atoms with van der Waals surface area (Å²) in [7, 11) is 0. The zero-order valence-electron chi connectivity index (χ0n) is 16.6. The van der Waals surface area contributed by atoms with Crippen molar-refractivity contribution in [2.75, 3.05) is 26.3 Å². The second-order valence-electron chi connectivity index (χ2n) is 7.57. The van der Waals surface area contributed by atoms with Crippen LogP contribution >= 0.6 is 11.3 Å². The van der Waals surface area contributed by atoms with Gasteiger partial charge in [-0.05, 0) is 73.9 Å². The quantitative estimate of drug-likeness (QED) is 0.701. The Morgan fingerprint density at radius 2 is 2.07 bits per heavy atom. The van der Waals surface area contributed by atoms with Crippen LogP contribution in [0.1, 0.15) is 34.4 Å². The predicted molar refractivity (Wildman–Crippen MR) is 111 cm³/mol. The molecule has 2 aromatic rings. The van der Waals surface area contributed by atoms with E-state index in [0.717, 1.165) is 38.3 Å². The van der Waals surface area contributed by atoms with E-state index in [1.807, 2.05) is 12.1 Å². The summed E-state index contributed by atoms with van der Waals surface area (Å²) in [6, 6.07) is 8.21. The first-order chi connectivity index (χ1) is 13.0. The highest BCUT2D eigenvalue weighted by Gasteiger charge is 2.22. The lowest BCUT2D eigenvalue weighted by Gasteiger charge is -2.27. The first-order valence-corrected chi connectivity index (χ1v) is 10.6. The van der Waals surface area contributed by atoms with Gasteiger partial charge in [0.2, 0.25) is 0 Å². The molecule has 0 radical (unpaired) electrons. The zero-order chi connectivity index (χ0) is 19.2. The molecule has 1 aromatic heterocycles. The fraction of sp³-hybridized carbons (Fsp3) is 0.545. The van der Waals surface area contributed by atoms with Gasteiger partial charge in [0.15, 0.2) is 0 Å². The van der Waals surface area contributed by atoms with Crippen LogP contribution in [0, 0.1) is 20.8 Å². The SMILES string of the molecule is Cc1ccc(OCC(O)CN(Cc2sccc2C)CC2CCCO2)cc1C. The summed E-state index contributed by atoms with van der Waals surface area (Å²) in [6.45, 7) is 9.76. The van der Waals surface area contributed by atoms with Crippen molar-refractivity contribution < 1.29 is 14.6 Å². The molecule has 1 aromatic carbocycles. The van der Waals surface area contributed by atoms with Crippen molar-refractivity contribution >= 4 is 11.3 Å². The number of ether oxygens (including phenoxy) is 2. The van der Waals surface area contributed by atoms with Gasteiger partial charge in [-0.15, -0.1) is 11.3 Å². The average molecular weight is 390 g/mol. The lowest BCUT2D eigenvalue weighted by atomic mass is 10.1. The summed E-state index contributed by atoms with van der Waals surface area (Å²) in [5, 5.41) is 12.7. The van der Waals surface area contributed by atoms with Crippen molar-refractivity contribution in [3.05, 3.63) is 51.2 Å². The molecular weight excluding hydrogens is 358 g/mol. The number of rotatable bonds is 9. The summed E-state index contributed by atoms with van der Waals surface area (Å²) < 4.78 is 11.6. The number of aliphatic hydroxyl groups excluding tert-OH is 1. The molecule has 0 aliphatic carbocycles. The molecule has 3 rings (SSSR count). The van der Waals surface area contributed by atoms with Crippen LogP contribution in [0.5, 0.6) is 5.75 Å². The van der Waals surface area contributed by atoms with Gasteiger partial charge >= 0.3 is 0 Å². The Bertz CT molecular complexity index is 724. The molecule has 2 heterocycles. The maximum atomic E-state index is 10.6. The minimum Gasteiger partial charge on any atom is -0.491 e. The molecule has 1 aliphatic rings. The minimum absolute atomic E-state index is 0.276. The Hall–Kier alpha value is -1.40. The van der Waals surface area contributed by atoms with Crippen LogP contribution in [-0.2, 0) is 11.3 Å². The summed E-state index contributed by atoms with van der Waals surface area (Å²) >= 11 is 1.78. The molecule has 1 saturated heterocycles. The van der Waals surface area contributed by atoms with Crippen LogP contribution in [0.25, 0.3) is 0 Å². The second-order valence-corrected chi connectivity index (χ2v) is 8.57. The molecule has 0 saturated carbocycles. The molecule has 5 heteroatoms.